The lowest BCUT2D eigenvalue weighted by Crippen LogP contribution is -2.24. The van der Waals surface area contributed by atoms with E-state index in [1.54, 1.807) is 24.3 Å². The third-order valence-corrected chi connectivity index (χ3v) is 4.14. The van der Waals surface area contributed by atoms with Crippen molar-refractivity contribution in [3.05, 3.63) is 65.2 Å². The molecule has 2 aromatic carbocycles. The molecule has 0 aliphatic rings. The van der Waals surface area contributed by atoms with Crippen molar-refractivity contribution < 1.29 is 19.4 Å². The molecule has 3 N–H and O–H groups in total. The zero-order chi connectivity index (χ0) is 21.4. The van der Waals surface area contributed by atoms with E-state index in [1.807, 2.05) is 26.0 Å². The summed E-state index contributed by atoms with van der Waals surface area (Å²) in [6.45, 7) is 7.51. The van der Waals surface area contributed by atoms with Crippen LogP contribution < -0.4 is 15.5 Å². The van der Waals surface area contributed by atoms with Crippen molar-refractivity contribution in [1.29, 1.82) is 0 Å². The Bertz CT molecular complexity index is 951. The van der Waals surface area contributed by atoms with Crippen LogP contribution in [0.15, 0.2) is 48.1 Å². The van der Waals surface area contributed by atoms with Crippen LogP contribution in [0.25, 0.3) is 0 Å². The number of rotatable bonds is 8. The zero-order valence-electron chi connectivity index (χ0n) is 16.8. The molecule has 0 radical (unpaired) electrons. The number of carbonyl (C=O) groups is 2. The minimum Gasteiger partial charge on any atom is -0.504 e. The van der Waals surface area contributed by atoms with Crippen molar-refractivity contribution in [2.75, 3.05) is 12.4 Å². The number of hydrogen-bond acceptors (Lipinski definition) is 5. The van der Waals surface area contributed by atoms with E-state index in [2.05, 4.69) is 22.4 Å². The number of aryl methyl sites for hydroxylation is 2. The van der Waals surface area contributed by atoms with E-state index < -0.39 is 11.8 Å². The monoisotopic (exact) mass is 395 g/mol. The number of methoxy groups -OCH3 is 1. The molecule has 0 unspecified atom stereocenters. The van der Waals surface area contributed by atoms with E-state index in [1.165, 1.54) is 13.3 Å². The summed E-state index contributed by atoms with van der Waals surface area (Å²) in [6, 6.07) is 8.94. The minimum atomic E-state index is -0.541. The lowest BCUT2D eigenvalue weighted by Gasteiger charge is -2.09. The molecule has 0 atom stereocenters. The fourth-order valence-corrected chi connectivity index (χ4v) is 2.74. The number of hydrogen-bond donors (Lipinski definition) is 3. The van der Waals surface area contributed by atoms with Crippen LogP contribution in [0.1, 0.15) is 28.7 Å². The normalized spacial score (nSPS) is 10.6. The molecule has 152 valence electrons. The van der Waals surface area contributed by atoms with Gasteiger partial charge in [-0.3, -0.25) is 9.59 Å². The summed E-state index contributed by atoms with van der Waals surface area (Å²) in [5, 5.41) is 16.7. The van der Waals surface area contributed by atoms with Gasteiger partial charge in [0.1, 0.15) is 6.42 Å². The molecule has 7 heteroatoms. The highest BCUT2D eigenvalue weighted by Crippen LogP contribution is 2.31. The summed E-state index contributed by atoms with van der Waals surface area (Å²) in [5.74, 6) is -0.633. The van der Waals surface area contributed by atoms with Gasteiger partial charge >= 0.3 is 0 Å². The number of benzene rings is 2. The quantitative estimate of drug-likeness (QED) is 0.276. The summed E-state index contributed by atoms with van der Waals surface area (Å²) in [7, 11) is 1.45. The van der Waals surface area contributed by atoms with Crippen molar-refractivity contribution >= 4 is 23.7 Å². The van der Waals surface area contributed by atoms with Crippen molar-refractivity contribution in [2.24, 2.45) is 5.10 Å². The molecule has 29 heavy (non-hydrogen) atoms. The Balaban J connectivity index is 1.96. The van der Waals surface area contributed by atoms with Gasteiger partial charge in [-0.25, -0.2) is 5.43 Å². The van der Waals surface area contributed by atoms with E-state index in [0.717, 1.165) is 11.1 Å². The van der Waals surface area contributed by atoms with Gasteiger partial charge in [-0.15, -0.1) is 6.58 Å². The Hall–Kier alpha value is -3.61. The van der Waals surface area contributed by atoms with Crippen LogP contribution in [0.2, 0.25) is 0 Å². The number of phenols is 1. The van der Waals surface area contributed by atoms with Crippen molar-refractivity contribution in [2.45, 2.75) is 26.7 Å². The van der Waals surface area contributed by atoms with E-state index in [0.29, 0.717) is 29.0 Å². The average molecular weight is 395 g/mol. The number of carbonyl (C=O) groups excluding carboxylic acids is 2. The maximum atomic E-state index is 12.1. The van der Waals surface area contributed by atoms with Gasteiger partial charge in [0.25, 0.3) is 0 Å². The summed E-state index contributed by atoms with van der Waals surface area (Å²) < 4.78 is 5.14. The Morgan fingerprint density at radius 1 is 1.21 bits per heavy atom. The maximum Gasteiger partial charge on any atom is 0.249 e. The Kier molecular flexibility index (Phi) is 7.54. The van der Waals surface area contributed by atoms with Crippen LogP contribution in [-0.4, -0.2) is 30.2 Å². The van der Waals surface area contributed by atoms with Gasteiger partial charge in [-0.05, 0) is 49.6 Å². The van der Waals surface area contributed by atoms with Gasteiger partial charge in [-0.2, -0.15) is 5.10 Å². The molecule has 2 rings (SSSR count). The Labute approximate surface area is 170 Å². The number of nitrogens with zero attached hydrogens (tertiary/aromatic N) is 1. The Morgan fingerprint density at radius 3 is 2.62 bits per heavy atom. The standard InChI is InChI=1S/C22H25N3O4/c1-5-6-17-10-16(11-19(29-4)22(17)28)13-23-25-21(27)12-20(26)24-18-8-7-14(2)9-15(18)3/h5,7-11,13,28H,1,6,12H2,2-4H3,(H,24,26)(H,25,27)/b23-13+. The lowest BCUT2D eigenvalue weighted by molar-refractivity contribution is -0.126. The van der Waals surface area contributed by atoms with Gasteiger partial charge in [0, 0.05) is 11.3 Å². The molecular weight excluding hydrogens is 370 g/mol. The van der Waals surface area contributed by atoms with Gasteiger partial charge < -0.3 is 15.2 Å². The first-order valence-corrected chi connectivity index (χ1v) is 9.03. The summed E-state index contributed by atoms with van der Waals surface area (Å²) in [4.78, 5) is 24.0. The smallest absolute Gasteiger partial charge is 0.249 e. The predicted molar refractivity (Wildman–Crippen MR) is 113 cm³/mol. The number of phenolic OH excluding ortho intramolecular Hbond substituents is 1. The van der Waals surface area contributed by atoms with Gasteiger partial charge in [-0.1, -0.05) is 23.8 Å². The molecule has 2 aromatic rings. The SMILES string of the molecule is C=CCc1cc(/C=N/NC(=O)CC(=O)Nc2ccc(C)cc2C)cc(OC)c1O. The van der Waals surface area contributed by atoms with Gasteiger partial charge in [0.15, 0.2) is 11.5 Å². The molecule has 0 bridgehead atoms. The molecule has 0 saturated carbocycles. The fraction of sp³-hybridized carbons (Fsp3) is 0.227. The number of aromatic hydroxyl groups is 1. The lowest BCUT2D eigenvalue weighted by atomic mass is 10.1. The average Bonchev–Trinajstić information content (AvgIpc) is 2.66. The molecule has 0 saturated heterocycles. The van der Waals surface area contributed by atoms with Crippen molar-refractivity contribution in [3.8, 4) is 11.5 Å². The van der Waals surface area contributed by atoms with Crippen LogP contribution in [0, 0.1) is 13.8 Å². The molecule has 0 aliphatic carbocycles. The largest absolute Gasteiger partial charge is 0.504 e. The van der Waals surface area contributed by atoms with Crippen LogP contribution in [0.3, 0.4) is 0 Å². The molecule has 2 amide bonds. The van der Waals surface area contributed by atoms with Crippen LogP contribution in [-0.2, 0) is 16.0 Å². The fourth-order valence-electron chi connectivity index (χ4n) is 2.74. The number of anilines is 1. The maximum absolute atomic E-state index is 12.1. The van der Waals surface area contributed by atoms with Crippen LogP contribution in [0.4, 0.5) is 5.69 Å². The van der Waals surface area contributed by atoms with E-state index in [9.17, 15) is 14.7 Å². The predicted octanol–water partition coefficient (Wildman–Crippen LogP) is 3.23. The summed E-state index contributed by atoms with van der Waals surface area (Å²) >= 11 is 0. The molecule has 0 aromatic heterocycles. The second-order valence-electron chi connectivity index (χ2n) is 6.56. The highest BCUT2D eigenvalue weighted by molar-refractivity contribution is 6.04. The molecule has 7 nitrogen and oxygen atoms in total. The Morgan fingerprint density at radius 2 is 1.97 bits per heavy atom. The molecular formula is C22H25N3O4. The minimum absolute atomic E-state index is 0.0386. The van der Waals surface area contributed by atoms with E-state index >= 15 is 0 Å². The number of nitrogens with one attached hydrogen (secondary N) is 2. The first-order valence-electron chi connectivity index (χ1n) is 9.03. The first kappa shape index (κ1) is 21.7. The van der Waals surface area contributed by atoms with Crippen LogP contribution >= 0.6 is 0 Å². The molecule has 0 aliphatic heterocycles. The van der Waals surface area contributed by atoms with Gasteiger partial charge in [0.2, 0.25) is 11.8 Å². The molecule has 0 spiro atoms. The van der Waals surface area contributed by atoms with Crippen LogP contribution in [0.5, 0.6) is 11.5 Å². The molecule has 0 fully saturated rings. The number of allylic oxidation sites excluding steroid dienone is 1. The number of hydrazone groups is 1. The highest BCUT2D eigenvalue weighted by Gasteiger charge is 2.11. The summed E-state index contributed by atoms with van der Waals surface area (Å²) in [6.07, 6.45) is 3.17. The number of amides is 2. The van der Waals surface area contributed by atoms with Crippen molar-refractivity contribution in [3.63, 3.8) is 0 Å². The van der Waals surface area contributed by atoms with Gasteiger partial charge in [0.05, 0.1) is 13.3 Å². The molecule has 0 heterocycles. The highest BCUT2D eigenvalue weighted by atomic mass is 16.5. The third kappa shape index (κ3) is 6.21. The number of ether oxygens (including phenoxy) is 1. The van der Waals surface area contributed by atoms with Crippen molar-refractivity contribution in [1.82, 2.24) is 5.43 Å². The second kappa shape index (κ2) is 10.1. The third-order valence-electron chi connectivity index (χ3n) is 4.14. The summed E-state index contributed by atoms with van der Waals surface area (Å²) in [5.41, 5.74) is 6.25. The van der Waals surface area contributed by atoms with E-state index in [4.69, 9.17) is 4.74 Å². The van der Waals surface area contributed by atoms with E-state index in [-0.39, 0.29) is 12.2 Å². The topological polar surface area (TPSA) is 100 Å². The first-order chi connectivity index (χ1) is 13.8. The zero-order valence-corrected chi connectivity index (χ0v) is 16.8. The second-order valence-corrected chi connectivity index (χ2v) is 6.56.